The highest BCUT2D eigenvalue weighted by atomic mass is 79.9. The molecule has 0 saturated carbocycles. The number of benzene rings is 1. The number of hydrogen-bond acceptors (Lipinski definition) is 5. The fourth-order valence-electron chi connectivity index (χ4n) is 1.53. The molecule has 0 aliphatic rings. The number of esters is 1. The third-order valence-corrected chi connectivity index (χ3v) is 6.00. The van der Waals surface area contributed by atoms with Crippen LogP contribution in [0.1, 0.15) is 10.4 Å². The van der Waals surface area contributed by atoms with E-state index in [9.17, 15) is 22.0 Å². The Hall–Kier alpha value is -1.52. The number of hydrogen-bond donors (Lipinski definition) is 1. The van der Waals surface area contributed by atoms with E-state index < -0.39 is 38.9 Å². The lowest BCUT2D eigenvalue weighted by molar-refractivity contribution is 0.0595. The van der Waals surface area contributed by atoms with E-state index in [1.165, 1.54) is 12.1 Å². The highest BCUT2D eigenvalue weighted by Gasteiger charge is 2.22. The zero-order valence-electron chi connectivity index (χ0n) is 10.9. The summed E-state index contributed by atoms with van der Waals surface area (Å²) in [6.07, 6.45) is 0. The smallest absolute Gasteiger partial charge is 0.340 e. The normalized spacial score (nSPS) is 11.3. The molecule has 1 heterocycles. The first-order valence-electron chi connectivity index (χ1n) is 5.60. The molecule has 2 aromatic rings. The Kier molecular flexibility index (Phi) is 4.83. The molecular weight excluding hydrogens is 404 g/mol. The first-order chi connectivity index (χ1) is 10.2. The van der Waals surface area contributed by atoms with Crippen LogP contribution in [0.25, 0.3) is 0 Å². The molecule has 0 aliphatic heterocycles. The summed E-state index contributed by atoms with van der Waals surface area (Å²) in [5.41, 5.74) is -1.12. The van der Waals surface area contributed by atoms with Crippen LogP contribution in [0.5, 0.6) is 0 Å². The molecule has 0 radical (unpaired) electrons. The van der Waals surface area contributed by atoms with Crippen molar-refractivity contribution in [3.05, 3.63) is 45.2 Å². The number of ether oxygens (including phenoxy) is 1. The number of nitrogens with one attached hydrogen (secondary N) is 1. The fraction of sp³-hybridized carbons (Fsp3) is 0.0833. The molecule has 1 N–H and O–H groups in total. The third-order valence-electron chi connectivity index (χ3n) is 2.52. The van der Waals surface area contributed by atoms with Crippen molar-refractivity contribution >= 4 is 48.9 Å². The predicted molar refractivity (Wildman–Crippen MR) is 80.5 cm³/mol. The number of anilines is 1. The van der Waals surface area contributed by atoms with Crippen LogP contribution >= 0.6 is 27.3 Å². The maximum atomic E-state index is 13.7. The number of carbonyl (C=O) groups is 1. The van der Waals surface area contributed by atoms with Gasteiger partial charge in [0.2, 0.25) is 0 Å². The zero-order valence-corrected chi connectivity index (χ0v) is 14.1. The molecule has 1 aromatic heterocycles. The van der Waals surface area contributed by atoms with Crippen LogP contribution in [0.4, 0.5) is 14.5 Å². The van der Waals surface area contributed by atoms with E-state index in [2.05, 4.69) is 20.7 Å². The van der Waals surface area contributed by atoms with E-state index in [4.69, 9.17) is 0 Å². The Balaban J connectivity index is 2.43. The van der Waals surface area contributed by atoms with Gasteiger partial charge in [0.15, 0.2) is 0 Å². The Bertz CT molecular complexity index is 836. The summed E-state index contributed by atoms with van der Waals surface area (Å²) in [5.74, 6) is -3.34. The van der Waals surface area contributed by atoms with Crippen molar-refractivity contribution in [2.24, 2.45) is 0 Å². The number of halogens is 3. The molecular formula is C12H8BrF2NO4S2. The quantitative estimate of drug-likeness (QED) is 0.782. The second-order valence-corrected chi connectivity index (χ2v) is 8.34. The van der Waals surface area contributed by atoms with Crippen LogP contribution in [0.15, 0.2) is 32.3 Å². The van der Waals surface area contributed by atoms with Gasteiger partial charge in [-0.15, -0.1) is 11.3 Å². The molecule has 22 heavy (non-hydrogen) atoms. The molecule has 0 fully saturated rings. The van der Waals surface area contributed by atoms with Crippen molar-refractivity contribution in [2.75, 3.05) is 11.8 Å². The van der Waals surface area contributed by atoms with Gasteiger partial charge in [0.25, 0.3) is 10.0 Å². The lowest BCUT2D eigenvalue weighted by atomic mass is 10.2. The topological polar surface area (TPSA) is 72.5 Å². The summed E-state index contributed by atoms with van der Waals surface area (Å²) < 4.78 is 58.3. The largest absolute Gasteiger partial charge is 0.465 e. The van der Waals surface area contributed by atoms with Crippen molar-refractivity contribution in [3.8, 4) is 0 Å². The fourth-order valence-corrected chi connectivity index (χ4v) is 4.60. The van der Waals surface area contributed by atoms with Gasteiger partial charge in [0.1, 0.15) is 15.8 Å². The molecule has 5 nitrogen and oxygen atoms in total. The van der Waals surface area contributed by atoms with Gasteiger partial charge < -0.3 is 4.74 Å². The van der Waals surface area contributed by atoms with Crippen molar-refractivity contribution in [2.45, 2.75) is 4.21 Å². The molecule has 0 amide bonds. The van der Waals surface area contributed by atoms with E-state index in [0.29, 0.717) is 9.85 Å². The third kappa shape index (κ3) is 3.45. The zero-order chi connectivity index (χ0) is 16.5. The van der Waals surface area contributed by atoms with E-state index in [1.54, 1.807) is 0 Å². The van der Waals surface area contributed by atoms with Gasteiger partial charge in [-0.05, 0) is 34.1 Å². The van der Waals surface area contributed by atoms with Crippen LogP contribution in [-0.2, 0) is 14.8 Å². The van der Waals surface area contributed by atoms with Crippen LogP contribution < -0.4 is 4.72 Å². The Labute approximate surface area is 137 Å². The molecule has 2 rings (SSSR count). The summed E-state index contributed by atoms with van der Waals surface area (Å²) in [6, 6.07) is 3.99. The van der Waals surface area contributed by atoms with E-state index in [1.807, 2.05) is 4.72 Å². The first kappa shape index (κ1) is 16.8. The van der Waals surface area contributed by atoms with E-state index >= 15 is 0 Å². The summed E-state index contributed by atoms with van der Waals surface area (Å²) in [4.78, 5) is 11.4. The van der Waals surface area contributed by atoms with E-state index in [-0.39, 0.29) is 4.21 Å². The lowest BCUT2D eigenvalue weighted by Crippen LogP contribution is -2.14. The number of rotatable bonds is 4. The van der Waals surface area contributed by atoms with Gasteiger partial charge in [0, 0.05) is 6.07 Å². The highest BCUT2D eigenvalue weighted by molar-refractivity contribution is 9.11. The van der Waals surface area contributed by atoms with Gasteiger partial charge >= 0.3 is 5.97 Å². The molecule has 1 aromatic carbocycles. The lowest BCUT2D eigenvalue weighted by Gasteiger charge is -2.09. The number of carbonyl (C=O) groups excluding carboxylic acids is 1. The van der Waals surface area contributed by atoms with Crippen LogP contribution in [0, 0.1) is 11.6 Å². The van der Waals surface area contributed by atoms with Crippen molar-refractivity contribution in [3.63, 3.8) is 0 Å². The van der Waals surface area contributed by atoms with Crippen molar-refractivity contribution in [1.29, 1.82) is 0 Å². The summed E-state index contributed by atoms with van der Waals surface area (Å²) >= 11 is 4.03. The molecule has 0 aliphatic carbocycles. The average Bonchev–Trinajstić information content (AvgIpc) is 2.88. The van der Waals surface area contributed by atoms with Crippen LogP contribution in [-0.4, -0.2) is 21.5 Å². The summed E-state index contributed by atoms with van der Waals surface area (Å²) in [6.45, 7) is 0. The molecule has 0 saturated heterocycles. The second-order valence-electron chi connectivity index (χ2n) is 3.97. The van der Waals surface area contributed by atoms with Crippen molar-refractivity contribution in [1.82, 2.24) is 0 Å². The highest BCUT2D eigenvalue weighted by Crippen LogP contribution is 2.29. The molecule has 0 atom stereocenters. The Morgan fingerprint density at radius 3 is 2.50 bits per heavy atom. The summed E-state index contributed by atoms with van der Waals surface area (Å²) in [5, 5.41) is 0. The minimum absolute atomic E-state index is 0.0669. The molecule has 10 heteroatoms. The number of methoxy groups -OCH3 is 1. The number of sulfonamides is 1. The number of thiophene rings is 1. The maximum Gasteiger partial charge on any atom is 0.340 e. The van der Waals surface area contributed by atoms with Gasteiger partial charge in [-0.3, -0.25) is 4.72 Å². The first-order valence-corrected chi connectivity index (χ1v) is 8.69. The average molecular weight is 412 g/mol. The molecule has 118 valence electrons. The Morgan fingerprint density at radius 1 is 1.27 bits per heavy atom. The van der Waals surface area contributed by atoms with Gasteiger partial charge in [-0.1, -0.05) is 0 Å². The SMILES string of the molecule is COC(=O)c1cc(NS(=O)(=O)c2ccc(Br)s2)c(F)cc1F. The maximum absolute atomic E-state index is 13.7. The van der Waals surface area contributed by atoms with Crippen molar-refractivity contribution < 1.29 is 26.7 Å². The van der Waals surface area contributed by atoms with Crippen LogP contribution in [0.2, 0.25) is 0 Å². The molecule has 0 spiro atoms. The monoisotopic (exact) mass is 411 g/mol. The molecule has 0 bridgehead atoms. The predicted octanol–water partition coefficient (Wildman–Crippen LogP) is 3.38. The second kappa shape index (κ2) is 6.31. The van der Waals surface area contributed by atoms with E-state index in [0.717, 1.165) is 24.5 Å². The minimum Gasteiger partial charge on any atom is -0.465 e. The van der Waals surface area contributed by atoms with Gasteiger partial charge in [-0.25, -0.2) is 22.0 Å². The summed E-state index contributed by atoms with van der Waals surface area (Å²) in [7, 11) is -3.03. The van der Waals surface area contributed by atoms with Crippen LogP contribution in [0.3, 0.4) is 0 Å². The van der Waals surface area contributed by atoms with Gasteiger partial charge in [0.05, 0.1) is 22.1 Å². The van der Waals surface area contributed by atoms with Gasteiger partial charge in [-0.2, -0.15) is 0 Å². The minimum atomic E-state index is -4.05. The Morgan fingerprint density at radius 2 is 1.95 bits per heavy atom. The standard InChI is InChI=1S/C12H8BrF2NO4S2/c1-20-12(17)6-4-9(8(15)5-7(6)14)16-22(18,19)11-3-2-10(13)21-11/h2-5,16H,1H3. The molecule has 0 unspecified atom stereocenters.